The first kappa shape index (κ1) is 11.4. The van der Waals surface area contributed by atoms with Gasteiger partial charge in [-0.25, -0.2) is 0 Å². The van der Waals surface area contributed by atoms with Gasteiger partial charge in [-0.2, -0.15) is 0 Å². The van der Waals surface area contributed by atoms with Crippen LogP contribution in [0.2, 0.25) is 0 Å². The zero-order valence-electron chi connectivity index (χ0n) is 10.1. The van der Waals surface area contributed by atoms with E-state index in [4.69, 9.17) is 16.3 Å². The van der Waals surface area contributed by atoms with Crippen LogP contribution in [-0.4, -0.2) is 12.0 Å². The predicted octanol–water partition coefficient (Wildman–Crippen LogP) is 4.35. The molecule has 0 aromatic heterocycles. The number of halogens is 1. The molecule has 1 nitrogen and oxygen atoms in total. The minimum atomic E-state index is 0.424. The van der Waals surface area contributed by atoms with E-state index in [1.54, 1.807) is 0 Å². The van der Waals surface area contributed by atoms with Crippen molar-refractivity contribution in [3.05, 3.63) is 29.8 Å². The number of rotatable bonds is 5. The van der Waals surface area contributed by atoms with Crippen LogP contribution in [0.4, 0.5) is 0 Å². The first-order valence-electron chi connectivity index (χ1n) is 6.70. The molecule has 1 aromatic rings. The third kappa shape index (κ3) is 2.60. The van der Waals surface area contributed by atoms with Crippen molar-refractivity contribution in [3.63, 3.8) is 0 Å². The van der Waals surface area contributed by atoms with E-state index in [1.165, 1.54) is 37.7 Å². The second-order valence-corrected chi connectivity index (χ2v) is 5.89. The number of para-hydroxylation sites is 1. The van der Waals surface area contributed by atoms with Gasteiger partial charge in [0.25, 0.3) is 0 Å². The zero-order valence-corrected chi connectivity index (χ0v) is 10.8. The summed E-state index contributed by atoms with van der Waals surface area (Å²) >= 11 is 6.33. The Bertz CT molecular complexity index is 386. The predicted molar refractivity (Wildman–Crippen MR) is 70.9 cm³/mol. The summed E-state index contributed by atoms with van der Waals surface area (Å²) in [5.74, 6) is 2.50. The highest BCUT2D eigenvalue weighted by Crippen LogP contribution is 2.40. The summed E-state index contributed by atoms with van der Waals surface area (Å²) in [7, 11) is 0. The average molecular weight is 251 g/mol. The van der Waals surface area contributed by atoms with Gasteiger partial charge in [0.15, 0.2) is 0 Å². The van der Waals surface area contributed by atoms with Gasteiger partial charge in [-0.3, -0.25) is 0 Å². The SMILES string of the molecule is ClC(CCCC1COc2ccccc21)C1CC1. The Balaban J connectivity index is 1.50. The van der Waals surface area contributed by atoms with Crippen LogP contribution in [0.1, 0.15) is 43.6 Å². The van der Waals surface area contributed by atoms with Gasteiger partial charge in [0.05, 0.1) is 6.61 Å². The number of benzene rings is 1. The summed E-state index contributed by atoms with van der Waals surface area (Å²) in [5.41, 5.74) is 1.39. The third-order valence-electron chi connectivity index (χ3n) is 3.96. The smallest absolute Gasteiger partial charge is 0.122 e. The summed E-state index contributed by atoms with van der Waals surface area (Å²) in [5, 5.41) is 0.424. The Morgan fingerprint density at radius 2 is 2.12 bits per heavy atom. The lowest BCUT2D eigenvalue weighted by molar-refractivity contribution is 0.322. The van der Waals surface area contributed by atoms with Gasteiger partial charge in [0, 0.05) is 16.9 Å². The maximum absolute atomic E-state index is 6.33. The summed E-state index contributed by atoms with van der Waals surface area (Å²) in [6.45, 7) is 0.857. The van der Waals surface area contributed by atoms with Crippen LogP contribution in [0.3, 0.4) is 0 Å². The lowest BCUT2D eigenvalue weighted by atomic mass is 9.95. The van der Waals surface area contributed by atoms with Crippen molar-refractivity contribution in [2.75, 3.05) is 6.61 Å². The maximum Gasteiger partial charge on any atom is 0.122 e. The molecule has 1 fully saturated rings. The second-order valence-electron chi connectivity index (χ2n) is 5.33. The largest absolute Gasteiger partial charge is 0.493 e. The van der Waals surface area contributed by atoms with Crippen LogP contribution in [0, 0.1) is 5.92 Å². The molecule has 1 aromatic carbocycles. The average Bonchev–Trinajstić information content (AvgIpc) is 3.12. The molecule has 1 aliphatic carbocycles. The topological polar surface area (TPSA) is 9.23 Å². The lowest BCUT2D eigenvalue weighted by Crippen LogP contribution is -2.04. The van der Waals surface area contributed by atoms with Crippen molar-refractivity contribution in [1.29, 1.82) is 0 Å². The standard InChI is InChI=1S/C15H19ClO/c16-14(11-8-9-11)6-3-4-12-10-17-15-7-2-1-5-13(12)15/h1-2,5,7,11-12,14H,3-4,6,8-10H2. The molecule has 2 unspecified atom stereocenters. The Kier molecular flexibility index (Phi) is 3.28. The Hall–Kier alpha value is -0.690. The molecule has 2 heteroatoms. The fourth-order valence-corrected chi connectivity index (χ4v) is 3.13. The van der Waals surface area contributed by atoms with Crippen LogP contribution in [0.25, 0.3) is 0 Å². The van der Waals surface area contributed by atoms with Gasteiger partial charge >= 0.3 is 0 Å². The van der Waals surface area contributed by atoms with Gasteiger partial charge in [0.2, 0.25) is 0 Å². The van der Waals surface area contributed by atoms with Crippen LogP contribution >= 0.6 is 11.6 Å². The Morgan fingerprint density at radius 3 is 2.94 bits per heavy atom. The molecule has 17 heavy (non-hydrogen) atoms. The molecule has 2 atom stereocenters. The highest BCUT2D eigenvalue weighted by molar-refractivity contribution is 6.20. The molecule has 92 valence electrons. The van der Waals surface area contributed by atoms with E-state index in [0.717, 1.165) is 18.3 Å². The quantitative estimate of drug-likeness (QED) is 0.706. The van der Waals surface area contributed by atoms with Crippen molar-refractivity contribution < 1.29 is 4.74 Å². The van der Waals surface area contributed by atoms with Gasteiger partial charge in [0.1, 0.15) is 5.75 Å². The number of ether oxygens (including phenoxy) is 1. The van der Waals surface area contributed by atoms with Crippen LogP contribution in [0.15, 0.2) is 24.3 Å². The number of hydrogen-bond donors (Lipinski definition) is 0. The molecule has 1 saturated carbocycles. The molecular formula is C15H19ClO. The molecule has 0 amide bonds. The Morgan fingerprint density at radius 1 is 1.29 bits per heavy atom. The molecule has 0 radical (unpaired) electrons. The molecule has 0 bridgehead atoms. The van der Waals surface area contributed by atoms with Gasteiger partial charge in [-0.05, 0) is 37.7 Å². The number of alkyl halides is 1. The van der Waals surface area contributed by atoms with E-state index < -0.39 is 0 Å². The van der Waals surface area contributed by atoms with Crippen molar-refractivity contribution in [1.82, 2.24) is 0 Å². The van der Waals surface area contributed by atoms with Crippen LogP contribution in [0.5, 0.6) is 5.75 Å². The van der Waals surface area contributed by atoms with Gasteiger partial charge in [-0.15, -0.1) is 11.6 Å². The zero-order chi connectivity index (χ0) is 11.7. The van der Waals surface area contributed by atoms with Crippen molar-refractivity contribution in [3.8, 4) is 5.75 Å². The van der Waals surface area contributed by atoms with Gasteiger partial charge < -0.3 is 4.74 Å². The minimum Gasteiger partial charge on any atom is -0.493 e. The van der Waals surface area contributed by atoms with Crippen LogP contribution in [-0.2, 0) is 0 Å². The fraction of sp³-hybridized carbons (Fsp3) is 0.600. The monoisotopic (exact) mass is 250 g/mol. The van der Waals surface area contributed by atoms with E-state index >= 15 is 0 Å². The van der Waals surface area contributed by atoms with Crippen LogP contribution < -0.4 is 4.74 Å². The highest BCUT2D eigenvalue weighted by Gasteiger charge is 2.30. The third-order valence-corrected chi connectivity index (χ3v) is 4.54. The van der Waals surface area contributed by atoms with E-state index in [9.17, 15) is 0 Å². The van der Waals surface area contributed by atoms with Crippen molar-refractivity contribution in [2.24, 2.45) is 5.92 Å². The highest BCUT2D eigenvalue weighted by atomic mass is 35.5. The molecular weight excluding hydrogens is 232 g/mol. The maximum atomic E-state index is 6.33. The van der Waals surface area contributed by atoms with Crippen molar-refractivity contribution >= 4 is 11.6 Å². The molecule has 3 rings (SSSR count). The molecule has 1 heterocycles. The molecule has 0 spiro atoms. The van der Waals surface area contributed by atoms with E-state index in [0.29, 0.717) is 11.3 Å². The Labute approximate surface area is 108 Å². The lowest BCUT2D eigenvalue weighted by Gasteiger charge is -2.11. The summed E-state index contributed by atoms with van der Waals surface area (Å²) < 4.78 is 5.70. The van der Waals surface area contributed by atoms with Crippen molar-refractivity contribution in [2.45, 2.75) is 43.4 Å². The number of hydrogen-bond acceptors (Lipinski definition) is 1. The first-order chi connectivity index (χ1) is 8.34. The molecule has 1 aliphatic heterocycles. The van der Waals surface area contributed by atoms with E-state index in [-0.39, 0.29) is 0 Å². The summed E-state index contributed by atoms with van der Waals surface area (Å²) in [6.07, 6.45) is 6.32. The summed E-state index contributed by atoms with van der Waals surface area (Å²) in [6, 6.07) is 8.42. The molecule has 0 saturated heterocycles. The van der Waals surface area contributed by atoms with E-state index in [2.05, 4.69) is 18.2 Å². The van der Waals surface area contributed by atoms with Gasteiger partial charge in [-0.1, -0.05) is 24.6 Å². The minimum absolute atomic E-state index is 0.424. The van der Waals surface area contributed by atoms with E-state index in [1.807, 2.05) is 6.07 Å². The molecule has 0 N–H and O–H groups in total. The second kappa shape index (κ2) is 4.89. The fourth-order valence-electron chi connectivity index (χ4n) is 2.72. The normalized spacial score (nSPS) is 24.2. The molecule has 2 aliphatic rings. The summed E-state index contributed by atoms with van der Waals surface area (Å²) in [4.78, 5) is 0. The first-order valence-corrected chi connectivity index (χ1v) is 7.14. The number of fused-ring (bicyclic) bond motifs is 1.